The molecule has 0 aromatic heterocycles. The topological polar surface area (TPSA) is 46.3 Å². The number of benzene rings is 2. The first kappa shape index (κ1) is 18.0. The monoisotopic (exact) mass is 374 g/mol. The lowest BCUT2D eigenvalue weighted by Gasteiger charge is -2.33. The van der Waals surface area contributed by atoms with Crippen molar-refractivity contribution < 1.29 is 18.0 Å². The molecule has 0 spiro atoms. The van der Waals surface area contributed by atoms with Crippen LogP contribution in [0.4, 0.5) is 13.2 Å². The van der Waals surface area contributed by atoms with E-state index in [1.165, 1.54) is 18.2 Å². The highest BCUT2D eigenvalue weighted by Crippen LogP contribution is 2.51. The molecule has 2 fully saturated rings. The zero-order valence-corrected chi connectivity index (χ0v) is 14.7. The SMILES string of the molecule is N[C@@H]1CN(C(=O)[C@@H]2C[C@H]2c2ccccc2-c2c(F)cccc2F)CC[C@@H]1F. The highest BCUT2D eigenvalue weighted by molar-refractivity contribution is 5.84. The Morgan fingerprint density at radius 3 is 2.48 bits per heavy atom. The number of halogens is 3. The molecule has 3 nitrogen and oxygen atoms in total. The molecule has 1 aliphatic heterocycles. The Morgan fingerprint density at radius 2 is 1.78 bits per heavy atom. The first-order valence-electron chi connectivity index (χ1n) is 9.19. The number of hydrogen-bond acceptors (Lipinski definition) is 2. The highest BCUT2D eigenvalue weighted by Gasteiger charge is 2.47. The van der Waals surface area contributed by atoms with Crippen LogP contribution in [-0.2, 0) is 4.79 Å². The zero-order chi connectivity index (χ0) is 19.1. The number of nitrogens with zero attached hydrogens (tertiary/aromatic N) is 1. The van der Waals surface area contributed by atoms with Crippen LogP contribution in [0.5, 0.6) is 0 Å². The Morgan fingerprint density at radius 1 is 1.07 bits per heavy atom. The molecule has 1 aliphatic carbocycles. The molecule has 1 heterocycles. The van der Waals surface area contributed by atoms with Crippen LogP contribution < -0.4 is 5.73 Å². The van der Waals surface area contributed by atoms with E-state index < -0.39 is 23.8 Å². The summed E-state index contributed by atoms with van der Waals surface area (Å²) in [7, 11) is 0. The van der Waals surface area contributed by atoms with Gasteiger partial charge in [0.15, 0.2) is 0 Å². The molecule has 0 bridgehead atoms. The van der Waals surface area contributed by atoms with Crippen molar-refractivity contribution in [1.29, 1.82) is 0 Å². The minimum Gasteiger partial charge on any atom is -0.341 e. The van der Waals surface area contributed by atoms with Crippen LogP contribution in [0, 0.1) is 17.6 Å². The standard InChI is InChI=1S/C21H21F3N2O/c22-16-8-9-26(11-19(16)25)21(27)15-10-14(15)12-4-1-2-5-13(12)20-17(23)6-3-7-18(20)24/h1-7,14-16,19H,8-11,25H2/t14-,15+,16-,19+/m0/s1. The van der Waals surface area contributed by atoms with Crippen LogP contribution in [0.15, 0.2) is 42.5 Å². The molecule has 4 rings (SSSR count). The third-order valence-corrected chi connectivity index (χ3v) is 5.58. The molecule has 27 heavy (non-hydrogen) atoms. The van der Waals surface area contributed by atoms with Gasteiger partial charge in [0, 0.05) is 19.0 Å². The number of alkyl halides is 1. The lowest BCUT2D eigenvalue weighted by Crippen LogP contribution is -2.52. The van der Waals surface area contributed by atoms with Gasteiger partial charge in [-0.1, -0.05) is 30.3 Å². The van der Waals surface area contributed by atoms with E-state index in [4.69, 9.17) is 5.73 Å². The van der Waals surface area contributed by atoms with E-state index in [0.717, 1.165) is 5.56 Å². The number of amides is 1. The summed E-state index contributed by atoms with van der Waals surface area (Å²) in [6.07, 6.45) is -0.202. The minimum atomic E-state index is -1.08. The lowest BCUT2D eigenvalue weighted by molar-refractivity contribution is -0.134. The number of rotatable bonds is 3. The van der Waals surface area contributed by atoms with E-state index >= 15 is 0 Å². The molecular weight excluding hydrogens is 353 g/mol. The van der Waals surface area contributed by atoms with Crippen molar-refractivity contribution in [3.8, 4) is 11.1 Å². The van der Waals surface area contributed by atoms with Crippen molar-refractivity contribution in [2.24, 2.45) is 11.7 Å². The smallest absolute Gasteiger partial charge is 0.226 e. The molecule has 4 atom stereocenters. The summed E-state index contributed by atoms with van der Waals surface area (Å²) in [5.41, 5.74) is 6.94. The van der Waals surface area contributed by atoms with E-state index in [1.54, 1.807) is 17.0 Å². The fraction of sp³-hybridized carbons (Fsp3) is 0.381. The average Bonchev–Trinajstić information content (AvgIpc) is 3.44. The predicted octanol–water partition coefficient (Wildman–Crippen LogP) is 3.63. The Labute approximate surface area is 156 Å². The summed E-state index contributed by atoms with van der Waals surface area (Å²) in [5, 5.41) is 0. The van der Waals surface area contributed by atoms with Crippen molar-refractivity contribution >= 4 is 5.91 Å². The Hall–Kier alpha value is -2.34. The first-order valence-corrected chi connectivity index (χ1v) is 9.19. The largest absolute Gasteiger partial charge is 0.341 e. The van der Waals surface area contributed by atoms with Gasteiger partial charge in [-0.05, 0) is 42.0 Å². The normalized spacial score (nSPS) is 27.5. The van der Waals surface area contributed by atoms with Gasteiger partial charge in [-0.15, -0.1) is 0 Å². The summed E-state index contributed by atoms with van der Waals surface area (Å²) >= 11 is 0. The molecule has 2 aromatic carbocycles. The number of likely N-dealkylation sites (tertiary alicyclic amines) is 1. The Balaban J connectivity index is 1.57. The van der Waals surface area contributed by atoms with E-state index in [2.05, 4.69) is 0 Å². The van der Waals surface area contributed by atoms with Crippen molar-refractivity contribution in [2.45, 2.75) is 31.0 Å². The molecule has 1 saturated carbocycles. The zero-order valence-electron chi connectivity index (χ0n) is 14.7. The summed E-state index contributed by atoms with van der Waals surface area (Å²) in [5.74, 6) is -1.63. The Kier molecular flexibility index (Phi) is 4.68. The molecule has 1 saturated heterocycles. The fourth-order valence-corrected chi connectivity index (χ4v) is 4.00. The van der Waals surface area contributed by atoms with Crippen molar-refractivity contribution in [1.82, 2.24) is 4.90 Å². The predicted molar refractivity (Wildman–Crippen MR) is 96.7 cm³/mol. The van der Waals surface area contributed by atoms with Gasteiger partial charge in [0.05, 0.1) is 11.6 Å². The Bertz CT molecular complexity index is 852. The second-order valence-electron chi connectivity index (χ2n) is 7.39. The maximum atomic E-state index is 14.3. The van der Waals surface area contributed by atoms with Gasteiger partial charge in [0.1, 0.15) is 17.8 Å². The number of nitrogens with two attached hydrogens (primary N) is 1. The number of carbonyl (C=O) groups excluding carboxylic acids is 1. The van der Waals surface area contributed by atoms with Crippen molar-refractivity contribution in [3.05, 3.63) is 59.7 Å². The molecule has 142 valence electrons. The second kappa shape index (κ2) is 7.00. The lowest BCUT2D eigenvalue weighted by atomic mass is 9.95. The van der Waals surface area contributed by atoms with Crippen LogP contribution in [0.1, 0.15) is 24.3 Å². The quantitative estimate of drug-likeness (QED) is 0.892. The van der Waals surface area contributed by atoms with E-state index in [1.807, 2.05) is 12.1 Å². The van der Waals surface area contributed by atoms with Gasteiger partial charge in [0.2, 0.25) is 5.91 Å². The van der Waals surface area contributed by atoms with Crippen LogP contribution >= 0.6 is 0 Å². The summed E-state index contributed by atoms with van der Waals surface area (Å²) < 4.78 is 42.1. The van der Waals surface area contributed by atoms with Gasteiger partial charge in [-0.25, -0.2) is 13.2 Å². The summed E-state index contributed by atoms with van der Waals surface area (Å²) in [6.45, 7) is 0.577. The molecule has 6 heteroatoms. The van der Waals surface area contributed by atoms with Crippen LogP contribution in [-0.4, -0.2) is 36.1 Å². The average molecular weight is 374 g/mol. The third kappa shape index (κ3) is 3.34. The third-order valence-electron chi connectivity index (χ3n) is 5.58. The molecule has 2 aliphatic rings. The molecule has 0 radical (unpaired) electrons. The highest BCUT2D eigenvalue weighted by atomic mass is 19.1. The van der Waals surface area contributed by atoms with E-state index in [9.17, 15) is 18.0 Å². The van der Waals surface area contributed by atoms with Gasteiger partial charge >= 0.3 is 0 Å². The maximum Gasteiger partial charge on any atom is 0.226 e. The van der Waals surface area contributed by atoms with Crippen LogP contribution in [0.25, 0.3) is 11.1 Å². The molecule has 2 N–H and O–H groups in total. The number of piperidine rings is 1. The van der Waals surface area contributed by atoms with E-state index in [0.29, 0.717) is 18.5 Å². The van der Waals surface area contributed by atoms with Crippen LogP contribution in [0.2, 0.25) is 0 Å². The fourth-order valence-electron chi connectivity index (χ4n) is 4.00. The summed E-state index contributed by atoms with van der Waals surface area (Å²) in [4.78, 5) is 14.4. The second-order valence-corrected chi connectivity index (χ2v) is 7.39. The van der Waals surface area contributed by atoms with E-state index in [-0.39, 0.29) is 36.3 Å². The van der Waals surface area contributed by atoms with Crippen LogP contribution in [0.3, 0.4) is 0 Å². The number of carbonyl (C=O) groups is 1. The molecule has 1 amide bonds. The van der Waals surface area contributed by atoms with Gasteiger partial charge < -0.3 is 10.6 Å². The van der Waals surface area contributed by atoms with Crippen molar-refractivity contribution in [2.75, 3.05) is 13.1 Å². The first-order chi connectivity index (χ1) is 13.0. The molecule has 2 aromatic rings. The van der Waals surface area contributed by atoms with Gasteiger partial charge in [-0.3, -0.25) is 4.79 Å². The maximum absolute atomic E-state index is 14.3. The molecule has 0 unspecified atom stereocenters. The minimum absolute atomic E-state index is 0.0499. The van der Waals surface area contributed by atoms with Crippen molar-refractivity contribution in [3.63, 3.8) is 0 Å². The number of hydrogen-bond donors (Lipinski definition) is 1. The van der Waals surface area contributed by atoms with Gasteiger partial charge in [0.25, 0.3) is 0 Å². The van der Waals surface area contributed by atoms with Gasteiger partial charge in [-0.2, -0.15) is 0 Å². The molecular formula is C21H21F3N2O. The summed E-state index contributed by atoms with van der Waals surface area (Å²) in [6, 6.07) is 10.2.